The summed E-state index contributed by atoms with van der Waals surface area (Å²) in [6.07, 6.45) is 0. The van der Waals surface area contributed by atoms with E-state index in [-0.39, 0.29) is 22.4 Å². The zero-order valence-electron chi connectivity index (χ0n) is 21.2. The number of amides is 2. The molecule has 0 saturated heterocycles. The summed E-state index contributed by atoms with van der Waals surface area (Å²) in [6, 6.07) is 13.4. The number of fused-ring (bicyclic) bond motifs is 1. The summed E-state index contributed by atoms with van der Waals surface area (Å²) in [6.45, 7) is 6.16. The number of hydrogen-bond acceptors (Lipinski definition) is 6. The average Bonchev–Trinajstić information content (AvgIpc) is 3.27. The fourth-order valence-corrected chi connectivity index (χ4v) is 5.35. The quantitative estimate of drug-likeness (QED) is 0.105. The van der Waals surface area contributed by atoms with Gasteiger partial charge < -0.3 is 14.6 Å². The normalized spacial score (nSPS) is 10.8. The summed E-state index contributed by atoms with van der Waals surface area (Å²) in [5, 5.41) is 3.43. The summed E-state index contributed by atoms with van der Waals surface area (Å²) in [4.78, 5) is 30.7. The van der Waals surface area contributed by atoms with Crippen molar-refractivity contribution in [3.05, 3.63) is 87.2 Å². The second-order valence-electron chi connectivity index (χ2n) is 8.47. The van der Waals surface area contributed by atoms with Crippen LogP contribution in [-0.2, 0) is 17.8 Å². The first-order valence-electron chi connectivity index (χ1n) is 11.7. The molecule has 0 spiro atoms. The number of nitrogens with zero attached hydrogens (tertiary/aromatic N) is 2. The third-order valence-electron chi connectivity index (χ3n) is 6.24. The summed E-state index contributed by atoms with van der Waals surface area (Å²) < 4.78 is 20.3. The van der Waals surface area contributed by atoms with E-state index in [1.807, 2.05) is 31.4 Å². The molecule has 196 valence electrons. The number of rotatable bonds is 7. The Bertz CT molecular complexity index is 1640. The van der Waals surface area contributed by atoms with E-state index in [0.29, 0.717) is 50.3 Å². The molecule has 3 aromatic carbocycles. The Hall–Kier alpha value is -3.99. The van der Waals surface area contributed by atoms with Gasteiger partial charge in [-0.15, -0.1) is 0 Å². The zero-order chi connectivity index (χ0) is 27.6. The SMILES string of the molecule is CCn1c(C(=S=O)c2c(NC(=O)c3ccccc3C(=O)NN)cc(C)c(OC)c2C)nc2cc(Cl)ccc21. The fraction of sp³-hybridized carbons (Fsp3) is 0.185. The zero-order valence-corrected chi connectivity index (χ0v) is 22.8. The number of aromatic nitrogens is 2. The summed E-state index contributed by atoms with van der Waals surface area (Å²) in [5.74, 6) is 5.19. The number of nitrogens with two attached hydrogens (primary N) is 1. The molecule has 0 saturated carbocycles. The number of aryl methyl sites for hydroxylation is 2. The monoisotopic (exact) mass is 551 g/mol. The van der Waals surface area contributed by atoms with Gasteiger partial charge in [-0.2, -0.15) is 0 Å². The first-order chi connectivity index (χ1) is 18.2. The molecule has 4 aromatic rings. The Morgan fingerprint density at radius 3 is 2.39 bits per heavy atom. The number of hydrogen-bond donors (Lipinski definition) is 3. The van der Waals surface area contributed by atoms with Gasteiger partial charge in [0.2, 0.25) is 0 Å². The Balaban J connectivity index is 1.93. The van der Waals surface area contributed by atoms with Crippen molar-refractivity contribution in [3.63, 3.8) is 0 Å². The molecular formula is C27H26ClN5O4S. The van der Waals surface area contributed by atoms with Crippen molar-refractivity contribution in [2.45, 2.75) is 27.3 Å². The molecule has 0 bridgehead atoms. The van der Waals surface area contributed by atoms with Crippen molar-refractivity contribution in [1.29, 1.82) is 0 Å². The number of benzene rings is 3. The van der Waals surface area contributed by atoms with Gasteiger partial charge in [-0.25, -0.2) is 15.0 Å². The molecule has 38 heavy (non-hydrogen) atoms. The van der Waals surface area contributed by atoms with E-state index < -0.39 is 11.8 Å². The molecule has 11 heteroatoms. The highest BCUT2D eigenvalue weighted by atomic mass is 35.5. The minimum atomic E-state index is -0.601. The third-order valence-corrected chi connectivity index (χ3v) is 7.03. The first kappa shape index (κ1) is 27.1. The van der Waals surface area contributed by atoms with Crippen LogP contribution in [0.5, 0.6) is 5.75 Å². The van der Waals surface area contributed by atoms with Crippen molar-refractivity contribution in [3.8, 4) is 5.75 Å². The minimum absolute atomic E-state index is 0.114. The molecule has 9 nitrogen and oxygen atoms in total. The Morgan fingerprint density at radius 2 is 1.79 bits per heavy atom. The molecule has 0 radical (unpaired) electrons. The van der Waals surface area contributed by atoms with E-state index in [1.54, 1.807) is 37.4 Å². The molecule has 4 rings (SSSR count). The number of ether oxygens (including phenoxy) is 1. The van der Waals surface area contributed by atoms with Gasteiger partial charge in [0.05, 0.1) is 35.0 Å². The Morgan fingerprint density at radius 1 is 1.11 bits per heavy atom. The summed E-state index contributed by atoms with van der Waals surface area (Å²) in [7, 11) is 1.55. The lowest BCUT2D eigenvalue weighted by molar-refractivity contribution is 0.0940. The second kappa shape index (κ2) is 11.2. The highest BCUT2D eigenvalue weighted by molar-refractivity contribution is 7.67. The van der Waals surface area contributed by atoms with Crippen molar-refractivity contribution < 1.29 is 18.5 Å². The maximum absolute atomic E-state index is 13.4. The minimum Gasteiger partial charge on any atom is -0.496 e. The van der Waals surface area contributed by atoms with Gasteiger partial charge in [0.1, 0.15) is 21.9 Å². The molecule has 1 aromatic heterocycles. The van der Waals surface area contributed by atoms with Crippen LogP contribution in [0.1, 0.15) is 50.2 Å². The highest BCUT2D eigenvalue weighted by Crippen LogP contribution is 2.35. The number of nitrogens with one attached hydrogen (secondary N) is 2. The van der Waals surface area contributed by atoms with Crippen molar-refractivity contribution in [2.75, 3.05) is 12.4 Å². The molecule has 0 aliphatic heterocycles. The van der Waals surface area contributed by atoms with Crippen LogP contribution in [0.15, 0.2) is 48.5 Å². The molecule has 0 aliphatic rings. The van der Waals surface area contributed by atoms with E-state index >= 15 is 0 Å². The van der Waals surface area contributed by atoms with Gasteiger partial charge in [0, 0.05) is 22.7 Å². The van der Waals surface area contributed by atoms with Gasteiger partial charge >= 0.3 is 0 Å². The number of hydrazine groups is 1. The molecule has 1 heterocycles. The van der Waals surface area contributed by atoms with Crippen LogP contribution in [0, 0.1) is 13.8 Å². The predicted molar refractivity (Wildman–Crippen MR) is 150 cm³/mol. The topological polar surface area (TPSA) is 128 Å². The number of carbonyl (C=O) groups excluding carboxylic acids is 2. The van der Waals surface area contributed by atoms with E-state index in [1.165, 1.54) is 12.1 Å². The predicted octanol–water partition coefficient (Wildman–Crippen LogP) is 3.97. The van der Waals surface area contributed by atoms with Crippen molar-refractivity contribution in [2.24, 2.45) is 5.84 Å². The lowest BCUT2D eigenvalue weighted by Gasteiger charge is -2.20. The first-order valence-corrected chi connectivity index (χ1v) is 12.8. The van der Waals surface area contributed by atoms with Crippen LogP contribution in [0.4, 0.5) is 5.69 Å². The van der Waals surface area contributed by atoms with E-state index in [0.717, 1.165) is 11.1 Å². The number of nitrogen functional groups attached to an aromatic ring is 1. The average molecular weight is 552 g/mol. The number of halogens is 1. The van der Waals surface area contributed by atoms with Crippen LogP contribution in [0.2, 0.25) is 5.02 Å². The molecule has 4 N–H and O–H groups in total. The fourth-order valence-electron chi connectivity index (χ4n) is 4.60. The molecule has 0 unspecified atom stereocenters. The van der Waals surface area contributed by atoms with Gasteiger partial charge in [0.25, 0.3) is 11.8 Å². The standard InChI is InChI=1S/C27H26ClN5O4S/c1-5-33-21-11-10-16(28)13-19(21)30-25(33)24(38-36)22-15(3)23(37-4)14(2)12-20(22)31-26(34)17-8-6-7-9-18(17)27(35)32-29/h6-13H,5,29H2,1-4H3,(H,31,34)(H,32,35). The van der Waals surface area contributed by atoms with Gasteiger partial charge in [-0.3, -0.25) is 15.0 Å². The smallest absolute Gasteiger partial charge is 0.265 e. The van der Waals surface area contributed by atoms with E-state index in [9.17, 15) is 13.8 Å². The molecular weight excluding hydrogens is 526 g/mol. The maximum Gasteiger partial charge on any atom is 0.265 e. The molecule has 2 amide bonds. The van der Waals surface area contributed by atoms with Crippen molar-refractivity contribution in [1.82, 2.24) is 15.0 Å². The summed E-state index contributed by atoms with van der Waals surface area (Å²) in [5.41, 5.74) is 6.01. The van der Waals surface area contributed by atoms with Gasteiger partial charge in [-0.1, -0.05) is 23.7 Å². The second-order valence-corrected chi connectivity index (χ2v) is 9.48. The number of carbonyl (C=O) groups is 2. The van der Waals surface area contributed by atoms with Gasteiger partial charge in [0.15, 0.2) is 5.82 Å². The van der Waals surface area contributed by atoms with Gasteiger partial charge in [-0.05, 0) is 62.7 Å². The van der Waals surface area contributed by atoms with Crippen LogP contribution < -0.4 is 21.3 Å². The molecule has 0 fully saturated rings. The van der Waals surface area contributed by atoms with E-state index in [4.69, 9.17) is 27.2 Å². The molecule has 0 atom stereocenters. The number of methoxy groups -OCH3 is 1. The third kappa shape index (κ3) is 4.81. The Labute approximate surface area is 228 Å². The van der Waals surface area contributed by atoms with Crippen molar-refractivity contribution >= 4 is 56.3 Å². The Kier molecular flexibility index (Phi) is 7.96. The molecule has 0 aliphatic carbocycles. The number of imidazole rings is 1. The van der Waals surface area contributed by atoms with Crippen LogP contribution in [0.3, 0.4) is 0 Å². The lowest BCUT2D eigenvalue weighted by atomic mass is 9.97. The van der Waals surface area contributed by atoms with Crippen LogP contribution in [0.25, 0.3) is 11.0 Å². The lowest BCUT2D eigenvalue weighted by Crippen LogP contribution is -2.32. The largest absolute Gasteiger partial charge is 0.496 e. The maximum atomic E-state index is 13.4. The van der Waals surface area contributed by atoms with Crippen LogP contribution >= 0.6 is 11.6 Å². The van der Waals surface area contributed by atoms with E-state index in [2.05, 4.69) is 10.7 Å². The highest BCUT2D eigenvalue weighted by Gasteiger charge is 2.26. The summed E-state index contributed by atoms with van der Waals surface area (Å²) >= 11 is 6.47. The number of anilines is 1. The van der Waals surface area contributed by atoms with Crippen LogP contribution in [-0.4, -0.2) is 37.5 Å².